The van der Waals surface area contributed by atoms with Crippen LogP contribution in [0, 0.1) is 0 Å². The highest BCUT2D eigenvalue weighted by Crippen LogP contribution is 2.41. The molecule has 1 aromatic heterocycles. The summed E-state index contributed by atoms with van der Waals surface area (Å²) in [5.74, 6) is -0.291. The maximum atomic E-state index is 13.6. The number of sulfone groups is 1. The van der Waals surface area contributed by atoms with Crippen molar-refractivity contribution in [2.45, 2.75) is 24.0 Å². The van der Waals surface area contributed by atoms with Gasteiger partial charge in [-0.15, -0.1) is 0 Å². The van der Waals surface area contributed by atoms with Gasteiger partial charge in [-0.05, 0) is 46.0 Å². The van der Waals surface area contributed by atoms with Crippen LogP contribution < -0.4 is 0 Å². The molecule has 2 N–H and O–H groups in total. The molecular weight excluding hydrogens is 474 g/mol. The summed E-state index contributed by atoms with van der Waals surface area (Å²) < 4.78 is 30.5. The predicted octanol–water partition coefficient (Wildman–Crippen LogP) is 4.56. The molecule has 6 nitrogen and oxygen atoms in total. The fourth-order valence-electron chi connectivity index (χ4n) is 4.62. The van der Waals surface area contributed by atoms with E-state index in [1.807, 2.05) is 42.5 Å². The molecule has 3 aromatic carbocycles. The monoisotopic (exact) mass is 503 g/mol. The largest absolute Gasteiger partial charge is 0.508 e. The Bertz CT molecular complexity index is 1450. The van der Waals surface area contributed by atoms with Crippen LogP contribution in [-0.4, -0.2) is 37.8 Å². The van der Waals surface area contributed by atoms with Crippen molar-refractivity contribution < 1.29 is 23.1 Å². The Morgan fingerprint density at radius 3 is 2.31 bits per heavy atom. The molecule has 36 heavy (non-hydrogen) atoms. The van der Waals surface area contributed by atoms with Crippen LogP contribution in [0.5, 0.6) is 5.75 Å². The highest BCUT2D eigenvalue weighted by Gasteiger charge is 2.45. The molecule has 0 aliphatic heterocycles. The minimum atomic E-state index is -3.75. The van der Waals surface area contributed by atoms with E-state index in [9.17, 15) is 18.3 Å². The molecule has 0 saturated heterocycles. The van der Waals surface area contributed by atoms with Crippen molar-refractivity contribution in [2.24, 2.45) is 0 Å². The molecule has 4 rings (SSSR count). The summed E-state index contributed by atoms with van der Waals surface area (Å²) in [5, 5.41) is 10.8. The number of aromatic amines is 1. The van der Waals surface area contributed by atoms with Gasteiger partial charge in [0.1, 0.15) is 10.5 Å². The van der Waals surface area contributed by atoms with Crippen LogP contribution in [0.25, 0.3) is 0 Å². The number of H-pyrrole nitrogens is 1. The van der Waals surface area contributed by atoms with Gasteiger partial charge in [-0.1, -0.05) is 66.7 Å². The summed E-state index contributed by atoms with van der Waals surface area (Å²) in [5.41, 5.74) is 4.19. The van der Waals surface area contributed by atoms with Gasteiger partial charge in [0.15, 0.2) is 9.84 Å². The van der Waals surface area contributed by atoms with Gasteiger partial charge in [-0.25, -0.2) is 8.42 Å². The number of carbonyl (C=O) groups excluding carboxylic acids is 1. The van der Waals surface area contributed by atoms with Crippen molar-refractivity contribution in [1.82, 2.24) is 4.98 Å². The Morgan fingerprint density at radius 1 is 0.917 bits per heavy atom. The van der Waals surface area contributed by atoms with Gasteiger partial charge in [0.2, 0.25) is 0 Å². The zero-order valence-electron chi connectivity index (χ0n) is 20.3. The zero-order chi connectivity index (χ0) is 25.8. The normalized spacial score (nSPS) is 13.2. The van der Waals surface area contributed by atoms with Crippen molar-refractivity contribution in [3.05, 3.63) is 125 Å². The first-order valence-electron chi connectivity index (χ1n) is 11.6. The smallest absolute Gasteiger partial charge is 0.309 e. The number of phenolic OH excluding ortho intramolecular Hbond substituents is 1. The Kier molecular flexibility index (Phi) is 7.31. The molecular formula is C29H29NO5S. The van der Waals surface area contributed by atoms with Gasteiger partial charge >= 0.3 is 5.97 Å². The third kappa shape index (κ3) is 5.21. The molecule has 0 radical (unpaired) electrons. The molecule has 0 aliphatic carbocycles. The first-order chi connectivity index (χ1) is 17.2. The molecule has 0 spiro atoms. The van der Waals surface area contributed by atoms with Crippen LogP contribution in [0.2, 0.25) is 0 Å². The average molecular weight is 504 g/mol. The summed E-state index contributed by atoms with van der Waals surface area (Å²) in [4.78, 5) is 15.0. The van der Waals surface area contributed by atoms with Crippen molar-refractivity contribution >= 4 is 15.8 Å². The number of carbonyl (C=O) groups is 1. The van der Waals surface area contributed by atoms with E-state index in [2.05, 4.69) is 4.98 Å². The van der Waals surface area contributed by atoms with Crippen molar-refractivity contribution in [2.75, 3.05) is 13.4 Å². The van der Waals surface area contributed by atoms with E-state index >= 15 is 0 Å². The van der Waals surface area contributed by atoms with E-state index in [0.717, 1.165) is 11.1 Å². The van der Waals surface area contributed by atoms with Crippen LogP contribution in [0.15, 0.2) is 91.1 Å². The van der Waals surface area contributed by atoms with Crippen LogP contribution >= 0.6 is 0 Å². The molecule has 0 bridgehead atoms. The van der Waals surface area contributed by atoms with Gasteiger partial charge in [0.05, 0.1) is 13.5 Å². The summed E-state index contributed by atoms with van der Waals surface area (Å²) in [6.45, 7) is 0. The molecule has 7 heteroatoms. The van der Waals surface area contributed by atoms with Crippen LogP contribution in [0.1, 0.15) is 33.5 Å². The Hall–Kier alpha value is -3.84. The number of hydrogen-bond donors (Lipinski definition) is 2. The topological polar surface area (TPSA) is 96.5 Å². The average Bonchev–Trinajstić information content (AvgIpc) is 3.39. The third-order valence-corrected chi connectivity index (χ3v) is 8.34. The number of aromatic hydroxyl groups is 1. The molecule has 1 unspecified atom stereocenters. The zero-order valence-corrected chi connectivity index (χ0v) is 21.1. The van der Waals surface area contributed by atoms with Crippen LogP contribution in [-0.2, 0) is 43.4 Å². The van der Waals surface area contributed by atoms with Crippen molar-refractivity contribution in [1.29, 1.82) is 0 Å². The molecule has 4 aromatic rings. The van der Waals surface area contributed by atoms with E-state index in [1.165, 1.54) is 13.4 Å². The SMILES string of the molecule is COC(=O)Cc1cccc(C(Cc2ccc(Cc3ccccc3)c(O)c2)(c2ccc[nH]2)S(C)(=O)=O)c1. The van der Waals surface area contributed by atoms with E-state index in [1.54, 1.807) is 48.7 Å². The summed E-state index contributed by atoms with van der Waals surface area (Å²) in [6, 6.07) is 25.7. The summed E-state index contributed by atoms with van der Waals surface area (Å²) in [6.07, 6.45) is 3.59. The van der Waals surface area contributed by atoms with E-state index in [0.29, 0.717) is 28.8 Å². The maximum absolute atomic E-state index is 13.6. The van der Waals surface area contributed by atoms with Crippen molar-refractivity contribution in [3.8, 4) is 5.75 Å². The number of phenols is 1. The van der Waals surface area contributed by atoms with Gasteiger partial charge in [-0.2, -0.15) is 0 Å². The second-order valence-corrected chi connectivity index (χ2v) is 11.2. The first-order valence-corrected chi connectivity index (χ1v) is 13.5. The van der Waals surface area contributed by atoms with Gasteiger partial charge < -0.3 is 14.8 Å². The van der Waals surface area contributed by atoms with E-state index < -0.39 is 20.6 Å². The molecule has 1 atom stereocenters. The Morgan fingerprint density at radius 2 is 1.67 bits per heavy atom. The van der Waals surface area contributed by atoms with Gasteiger partial charge in [0, 0.05) is 31.0 Å². The maximum Gasteiger partial charge on any atom is 0.309 e. The Balaban J connectivity index is 1.79. The second kappa shape index (κ2) is 10.4. The molecule has 0 saturated carbocycles. The number of benzene rings is 3. The van der Waals surface area contributed by atoms with Gasteiger partial charge in [0.25, 0.3) is 0 Å². The lowest BCUT2D eigenvalue weighted by molar-refractivity contribution is -0.139. The molecule has 0 fully saturated rings. The van der Waals surface area contributed by atoms with Gasteiger partial charge in [-0.3, -0.25) is 4.79 Å². The minimum Gasteiger partial charge on any atom is -0.508 e. The fourth-order valence-corrected chi connectivity index (χ4v) is 6.13. The quantitative estimate of drug-likeness (QED) is 0.327. The molecule has 186 valence electrons. The number of nitrogens with one attached hydrogen (secondary N) is 1. The predicted molar refractivity (Wildman–Crippen MR) is 140 cm³/mol. The number of aromatic nitrogens is 1. The standard InChI is InChI=1S/C29H29NO5S/c1-35-28(32)19-22-10-6-11-25(17-22)29(36(2,33)34,27-12-7-15-30-27)20-23-13-14-24(26(31)18-23)16-21-8-4-3-5-9-21/h3-15,17-18,30-31H,16,19-20H2,1-2H3. The minimum absolute atomic E-state index is 0.0316. The number of rotatable bonds is 9. The summed E-state index contributed by atoms with van der Waals surface area (Å²) >= 11 is 0. The highest BCUT2D eigenvalue weighted by atomic mass is 32.2. The molecule has 0 aliphatic rings. The lowest BCUT2D eigenvalue weighted by atomic mass is 9.86. The van der Waals surface area contributed by atoms with Crippen LogP contribution in [0.4, 0.5) is 0 Å². The van der Waals surface area contributed by atoms with Crippen LogP contribution in [0.3, 0.4) is 0 Å². The van der Waals surface area contributed by atoms with E-state index in [-0.39, 0.29) is 18.6 Å². The highest BCUT2D eigenvalue weighted by molar-refractivity contribution is 7.91. The Labute approximate surface area is 211 Å². The lowest BCUT2D eigenvalue weighted by Gasteiger charge is -2.33. The fraction of sp³-hybridized carbons (Fsp3) is 0.207. The first kappa shape index (κ1) is 25.3. The molecule has 1 heterocycles. The third-order valence-electron chi connectivity index (χ3n) is 6.48. The second-order valence-electron chi connectivity index (χ2n) is 8.94. The van der Waals surface area contributed by atoms with E-state index in [4.69, 9.17) is 4.74 Å². The number of esters is 1. The number of methoxy groups -OCH3 is 1. The molecule has 0 amide bonds. The van der Waals surface area contributed by atoms with Crippen molar-refractivity contribution in [3.63, 3.8) is 0 Å². The lowest BCUT2D eigenvalue weighted by Crippen LogP contribution is -2.39. The number of ether oxygens (including phenoxy) is 1. The number of hydrogen-bond acceptors (Lipinski definition) is 5. The summed E-state index contributed by atoms with van der Waals surface area (Å²) in [7, 11) is -2.43.